The first-order chi connectivity index (χ1) is 8.69. The number of hydrogen-bond donors (Lipinski definition) is 1. The van der Waals surface area contributed by atoms with Gasteiger partial charge < -0.3 is 10.1 Å². The highest BCUT2D eigenvalue weighted by atomic mass is 19.1. The molecule has 0 spiro atoms. The molecule has 0 atom stereocenters. The molecule has 1 aromatic carbocycles. The molecular formula is C13H11FN2O2. The highest BCUT2D eigenvalue weighted by molar-refractivity contribution is 6.03. The Kier molecular flexibility index (Phi) is 3.52. The average Bonchev–Trinajstić information content (AvgIpc) is 2.39. The van der Waals surface area contributed by atoms with Gasteiger partial charge in [0, 0.05) is 17.8 Å². The summed E-state index contributed by atoms with van der Waals surface area (Å²) in [4.78, 5) is 15.8. The maximum Gasteiger partial charge on any atom is 0.256 e. The summed E-state index contributed by atoms with van der Waals surface area (Å²) in [5.74, 6) is 0.0552. The molecule has 5 heteroatoms. The Balaban J connectivity index is 2.16. The lowest BCUT2D eigenvalue weighted by Gasteiger charge is -2.06. The second kappa shape index (κ2) is 5.27. The van der Waals surface area contributed by atoms with Gasteiger partial charge in [-0.3, -0.25) is 4.79 Å². The zero-order valence-corrected chi connectivity index (χ0v) is 9.68. The number of methoxy groups -OCH3 is 1. The molecule has 18 heavy (non-hydrogen) atoms. The molecule has 92 valence electrons. The molecule has 0 saturated carbocycles. The topological polar surface area (TPSA) is 51.2 Å². The molecule has 1 heterocycles. The molecule has 2 aromatic rings. The summed E-state index contributed by atoms with van der Waals surface area (Å²) in [6, 6.07) is 8.69. The van der Waals surface area contributed by atoms with Crippen molar-refractivity contribution in [1.29, 1.82) is 0 Å². The molecule has 1 aromatic heterocycles. The van der Waals surface area contributed by atoms with Crippen LogP contribution < -0.4 is 10.1 Å². The van der Waals surface area contributed by atoms with Crippen LogP contribution >= 0.6 is 0 Å². The van der Waals surface area contributed by atoms with Gasteiger partial charge in [0.2, 0.25) is 0 Å². The maximum absolute atomic E-state index is 13.0. The Hall–Kier alpha value is -2.43. The van der Waals surface area contributed by atoms with Crippen LogP contribution in [0.3, 0.4) is 0 Å². The van der Waals surface area contributed by atoms with Gasteiger partial charge in [0.25, 0.3) is 5.91 Å². The normalized spacial score (nSPS) is 9.89. The van der Waals surface area contributed by atoms with E-state index < -0.39 is 11.7 Å². The fraction of sp³-hybridized carbons (Fsp3) is 0.0769. The summed E-state index contributed by atoms with van der Waals surface area (Å²) >= 11 is 0. The van der Waals surface area contributed by atoms with Crippen molar-refractivity contribution in [1.82, 2.24) is 4.98 Å². The SMILES string of the molecule is COc1ccnc(NC(=O)c2cccc(F)c2)c1. The molecule has 0 aliphatic heterocycles. The predicted molar refractivity (Wildman–Crippen MR) is 65.1 cm³/mol. The number of anilines is 1. The number of nitrogens with one attached hydrogen (secondary N) is 1. The zero-order chi connectivity index (χ0) is 13.0. The molecule has 0 unspecified atom stereocenters. The number of halogens is 1. The minimum absolute atomic E-state index is 0.236. The molecule has 0 aliphatic rings. The van der Waals surface area contributed by atoms with Crippen LogP contribution in [0.2, 0.25) is 0 Å². The van der Waals surface area contributed by atoms with Gasteiger partial charge >= 0.3 is 0 Å². The number of ether oxygens (including phenoxy) is 1. The van der Waals surface area contributed by atoms with Gasteiger partial charge in [-0.15, -0.1) is 0 Å². The molecule has 1 N–H and O–H groups in total. The average molecular weight is 246 g/mol. The summed E-state index contributed by atoms with van der Waals surface area (Å²) in [7, 11) is 1.52. The Morgan fingerprint density at radius 1 is 1.33 bits per heavy atom. The van der Waals surface area contributed by atoms with Crippen molar-refractivity contribution in [3.05, 3.63) is 54.0 Å². The number of pyridine rings is 1. The van der Waals surface area contributed by atoms with E-state index in [9.17, 15) is 9.18 Å². The lowest BCUT2D eigenvalue weighted by Crippen LogP contribution is -2.13. The molecule has 0 saturated heterocycles. The van der Waals surface area contributed by atoms with Crippen molar-refractivity contribution in [3.63, 3.8) is 0 Å². The monoisotopic (exact) mass is 246 g/mol. The minimum Gasteiger partial charge on any atom is -0.497 e. The molecular weight excluding hydrogens is 235 g/mol. The highest BCUT2D eigenvalue weighted by Gasteiger charge is 2.07. The van der Waals surface area contributed by atoms with E-state index in [-0.39, 0.29) is 5.56 Å². The van der Waals surface area contributed by atoms with Crippen LogP contribution in [0.4, 0.5) is 10.2 Å². The van der Waals surface area contributed by atoms with Gasteiger partial charge in [-0.2, -0.15) is 0 Å². The van der Waals surface area contributed by atoms with Crippen LogP contribution in [-0.2, 0) is 0 Å². The zero-order valence-electron chi connectivity index (χ0n) is 9.68. The van der Waals surface area contributed by atoms with Crippen molar-refractivity contribution >= 4 is 11.7 Å². The van der Waals surface area contributed by atoms with E-state index in [4.69, 9.17) is 4.74 Å². The number of carbonyl (C=O) groups is 1. The number of amides is 1. The predicted octanol–water partition coefficient (Wildman–Crippen LogP) is 2.48. The summed E-state index contributed by atoms with van der Waals surface area (Å²) in [6.07, 6.45) is 1.51. The largest absolute Gasteiger partial charge is 0.497 e. The van der Waals surface area contributed by atoms with Crippen LogP contribution in [0.25, 0.3) is 0 Å². The van der Waals surface area contributed by atoms with Gasteiger partial charge in [0.05, 0.1) is 7.11 Å². The van der Waals surface area contributed by atoms with Crippen molar-refractivity contribution < 1.29 is 13.9 Å². The number of benzene rings is 1. The lowest BCUT2D eigenvalue weighted by molar-refractivity contribution is 0.102. The highest BCUT2D eigenvalue weighted by Crippen LogP contribution is 2.14. The van der Waals surface area contributed by atoms with E-state index in [1.165, 1.54) is 31.5 Å². The molecule has 4 nitrogen and oxygen atoms in total. The third kappa shape index (κ3) is 2.82. The molecule has 1 amide bonds. The molecule has 0 aliphatic carbocycles. The van der Waals surface area contributed by atoms with Crippen LogP contribution in [0, 0.1) is 5.82 Å². The Morgan fingerprint density at radius 3 is 2.89 bits per heavy atom. The van der Waals surface area contributed by atoms with Gasteiger partial charge in [0.1, 0.15) is 17.4 Å². The number of hydrogen-bond acceptors (Lipinski definition) is 3. The van der Waals surface area contributed by atoms with Gasteiger partial charge in [-0.05, 0) is 24.3 Å². The van der Waals surface area contributed by atoms with Crippen LogP contribution in [-0.4, -0.2) is 18.0 Å². The van der Waals surface area contributed by atoms with Gasteiger partial charge in [-0.25, -0.2) is 9.37 Å². The number of rotatable bonds is 3. The van der Waals surface area contributed by atoms with Crippen LogP contribution in [0.1, 0.15) is 10.4 Å². The summed E-state index contributed by atoms with van der Waals surface area (Å²) in [5.41, 5.74) is 0.236. The quantitative estimate of drug-likeness (QED) is 0.905. The van der Waals surface area contributed by atoms with E-state index in [0.717, 1.165) is 6.07 Å². The van der Waals surface area contributed by atoms with E-state index in [1.54, 1.807) is 12.1 Å². The summed E-state index contributed by atoms with van der Waals surface area (Å²) < 4.78 is 18.0. The first kappa shape index (κ1) is 12.0. The van der Waals surface area contributed by atoms with Gasteiger partial charge in [0.15, 0.2) is 0 Å². The molecule has 0 bridgehead atoms. The number of aromatic nitrogens is 1. The molecule has 0 fully saturated rings. The maximum atomic E-state index is 13.0. The smallest absolute Gasteiger partial charge is 0.256 e. The second-order valence-corrected chi connectivity index (χ2v) is 3.55. The third-order valence-corrected chi connectivity index (χ3v) is 2.30. The van der Waals surface area contributed by atoms with Crippen molar-refractivity contribution in [2.45, 2.75) is 0 Å². The Labute approximate surface area is 103 Å². The van der Waals surface area contributed by atoms with Crippen molar-refractivity contribution in [2.24, 2.45) is 0 Å². The van der Waals surface area contributed by atoms with E-state index in [1.807, 2.05) is 0 Å². The summed E-state index contributed by atoms with van der Waals surface area (Å²) in [5, 5.41) is 2.56. The summed E-state index contributed by atoms with van der Waals surface area (Å²) in [6.45, 7) is 0. The first-order valence-electron chi connectivity index (χ1n) is 5.26. The number of nitrogens with zero attached hydrogens (tertiary/aromatic N) is 1. The minimum atomic E-state index is -0.457. The standard InChI is InChI=1S/C13H11FN2O2/c1-18-11-5-6-15-12(8-11)16-13(17)9-3-2-4-10(14)7-9/h2-8H,1H3,(H,15,16,17). The second-order valence-electron chi connectivity index (χ2n) is 3.55. The Bertz CT molecular complexity index is 572. The molecule has 2 rings (SSSR count). The lowest BCUT2D eigenvalue weighted by atomic mass is 10.2. The Morgan fingerprint density at radius 2 is 2.17 bits per heavy atom. The van der Waals surface area contributed by atoms with Crippen LogP contribution in [0.5, 0.6) is 5.75 Å². The first-order valence-corrected chi connectivity index (χ1v) is 5.26. The molecule has 0 radical (unpaired) electrons. The fourth-order valence-corrected chi connectivity index (χ4v) is 1.42. The van der Waals surface area contributed by atoms with Crippen molar-refractivity contribution in [2.75, 3.05) is 12.4 Å². The van der Waals surface area contributed by atoms with E-state index in [2.05, 4.69) is 10.3 Å². The fourth-order valence-electron chi connectivity index (χ4n) is 1.42. The van der Waals surface area contributed by atoms with E-state index >= 15 is 0 Å². The van der Waals surface area contributed by atoms with Crippen molar-refractivity contribution in [3.8, 4) is 5.75 Å². The van der Waals surface area contributed by atoms with E-state index in [0.29, 0.717) is 11.6 Å². The third-order valence-electron chi connectivity index (χ3n) is 2.30. The van der Waals surface area contributed by atoms with Crippen LogP contribution in [0.15, 0.2) is 42.6 Å². The number of carbonyl (C=O) groups excluding carboxylic acids is 1. The van der Waals surface area contributed by atoms with Gasteiger partial charge in [-0.1, -0.05) is 6.07 Å².